The number of carbonyl (C=O) groups is 1. The highest BCUT2D eigenvalue weighted by atomic mass is 16.5. The molecule has 2 saturated heterocycles. The number of rotatable bonds is 4. The summed E-state index contributed by atoms with van der Waals surface area (Å²) >= 11 is 0. The van der Waals surface area contributed by atoms with E-state index in [1.165, 1.54) is 6.42 Å². The van der Waals surface area contributed by atoms with Crippen molar-refractivity contribution in [2.45, 2.75) is 31.6 Å². The molecule has 0 amide bonds. The minimum atomic E-state index is -1.01. The number of para-hydroxylation sites is 1. The molecule has 1 saturated carbocycles. The number of hydrogen-bond donors (Lipinski definition) is 1. The Morgan fingerprint density at radius 2 is 2.00 bits per heavy atom. The summed E-state index contributed by atoms with van der Waals surface area (Å²) in [4.78, 5) is 18.7. The van der Waals surface area contributed by atoms with Crippen molar-refractivity contribution in [1.29, 1.82) is 0 Å². The fourth-order valence-corrected chi connectivity index (χ4v) is 5.03. The highest BCUT2D eigenvalue weighted by Crippen LogP contribution is 2.46. The summed E-state index contributed by atoms with van der Waals surface area (Å²) < 4.78 is 7.46. The number of carboxylic acids is 1. The molecular formula is C23H24N4O3. The van der Waals surface area contributed by atoms with Crippen molar-refractivity contribution < 1.29 is 14.6 Å². The third kappa shape index (κ3) is 2.65. The topological polar surface area (TPSA) is 80.5 Å². The Morgan fingerprint density at radius 3 is 2.63 bits per heavy atom. The SMILES string of the molecule is O=C(O)c1cc(N2CC3(CCOC3)C2)c2c(C3CCC3)nn(-c3ccccc3)c2n1. The molecule has 1 spiro atoms. The second-order valence-electron chi connectivity index (χ2n) is 8.95. The largest absolute Gasteiger partial charge is 0.477 e. The number of fused-ring (bicyclic) bond motifs is 1. The molecular weight excluding hydrogens is 380 g/mol. The first-order valence-electron chi connectivity index (χ1n) is 10.7. The molecule has 1 N–H and O–H groups in total. The van der Waals surface area contributed by atoms with E-state index >= 15 is 0 Å². The number of aromatic carboxylic acids is 1. The fraction of sp³-hybridized carbons (Fsp3) is 0.435. The van der Waals surface area contributed by atoms with Gasteiger partial charge in [0.1, 0.15) is 0 Å². The summed E-state index contributed by atoms with van der Waals surface area (Å²) in [6, 6.07) is 11.6. The maximum Gasteiger partial charge on any atom is 0.354 e. The molecule has 3 fully saturated rings. The zero-order valence-corrected chi connectivity index (χ0v) is 16.8. The molecule has 1 aromatic carbocycles. The van der Waals surface area contributed by atoms with Gasteiger partial charge < -0.3 is 14.7 Å². The van der Waals surface area contributed by atoms with E-state index in [0.29, 0.717) is 11.6 Å². The summed E-state index contributed by atoms with van der Waals surface area (Å²) in [7, 11) is 0. The number of benzene rings is 1. The highest BCUT2D eigenvalue weighted by Gasteiger charge is 2.47. The van der Waals surface area contributed by atoms with Gasteiger partial charge in [-0.1, -0.05) is 24.6 Å². The normalized spacial score (nSPS) is 20.5. The number of pyridine rings is 1. The van der Waals surface area contributed by atoms with Crippen molar-refractivity contribution >= 4 is 22.7 Å². The second-order valence-corrected chi connectivity index (χ2v) is 8.95. The number of ether oxygens (including phenoxy) is 1. The third-order valence-corrected chi connectivity index (χ3v) is 6.93. The number of carboxylic acid groups (broad SMARTS) is 1. The van der Waals surface area contributed by atoms with E-state index in [0.717, 1.165) is 68.0 Å². The van der Waals surface area contributed by atoms with E-state index in [9.17, 15) is 9.90 Å². The van der Waals surface area contributed by atoms with Crippen LogP contribution in [0.4, 0.5) is 5.69 Å². The fourth-order valence-electron chi connectivity index (χ4n) is 5.03. The van der Waals surface area contributed by atoms with Crippen LogP contribution in [0.15, 0.2) is 36.4 Å². The monoisotopic (exact) mass is 404 g/mol. The maximum atomic E-state index is 11.9. The van der Waals surface area contributed by atoms with Crippen LogP contribution < -0.4 is 4.90 Å². The lowest BCUT2D eigenvalue weighted by Gasteiger charge is -2.49. The Morgan fingerprint density at radius 1 is 1.20 bits per heavy atom. The minimum Gasteiger partial charge on any atom is -0.477 e. The van der Waals surface area contributed by atoms with Crippen molar-refractivity contribution in [1.82, 2.24) is 14.8 Å². The summed E-state index contributed by atoms with van der Waals surface area (Å²) in [6.45, 7) is 3.40. The standard InChI is InChI=1S/C23H24N4O3/c28-22(29)17-11-18(26-12-23(13-26)9-10-30-14-23)19-20(15-5-4-6-15)25-27(21(19)24-17)16-7-2-1-3-8-16/h1-3,7-8,11,15H,4-6,9-10,12-14H2,(H,28,29). The van der Waals surface area contributed by atoms with Gasteiger partial charge in [0.25, 0.3) is 0 Å². The van der Waals surface area contributed by atoms with Crippen LogP contribution in [-0.2, 0) is 4.74 Å². The lowest BCUT2D eigenvalue weighted by Crippen LogP contribution is -2.57. The minimum absolute atomic E-state index is 0.0679. The van der Waals surface area contributed by atoms with Crippen molar-refractivity contribution in [3.63, 3.8) is 0 Å². The number of hydrogen-bond acceptors (Lipinski definition) is 5. The van der Waals surface area contributed by atoms with E-state index in [4.69, 9.17) is 9.84 Å². The molecule has 2 aromatic heterocycles. The molecule has 7 heteroatoms. The Balaban J connectivity index is 1.55. The first kappa shape index (κ1) is 17.9. The lowest BCUT2D eigenvalue weighted by atomic mass is 9.78. The summed E-state index contributed by atoms with van der Waals surface area (Å²) in [5.41, 5.74) is 3.84. The first-order valence-corrected chi connectivity index (χ1v) is 10.7. The van der Waals surface area contributed by atoms with Gasteiger partial charge in [-0.15, -0.1) is 0 Å². The summed E-state index contributed by atoms with van der Waals surface area (Å²) in [6.07, 6.45) is 4.53. The van der Waals surface area contributed by atoms with E-state index in [1.807, 2.05) is 35.0 Å². The smallest absolute Gasteiger partial charge is 0.354 e. The van der Waals surface area contributed by atoms with Crippen LogP contribution in [0.2, 0.25) is 0 Å². The second kappa shape index (κ2) is 6.54. The highest BCUT2D eigenvalue weighted by molar-refractivity contribution is 5.99. The van der Waals surface area contributed by atoms with Gasteiger partial charge in [0.05, 0.1) is 29.1 Å². The van der Waals surface area contributed by atoms with Gasteiger partial charge in [0, 0.05) is 31.0 Å². The zero-order chi connectivity index (χ0) is 20.3. The number of nitrogens with zero attached hydrogens (tertiary/aromatic N) is 4. The van der Waals surface area contributed by atoms with Crippen molar-refractivity contribution in [2.75, 3.05) is 31.2 Å². The summed E-state index contributed by atoms with van der Waals surface area (Å²) in [5.74, 6) is -0.595. The molecule has 154 valence electrons. The zero-order valence-electron chi connectivity index (χ0n) is 16.8. The average Bonchev–Trinajstić information content (AvgIpc) is 3.31. The molecule has 0 unspecified atom stereocenters. The van der Waals surface area contributed by atoms with Gasteiger partial charge in [0.2, 0.25) is 0 Å². The predicted molar refractivity (Wildman–Crippen MR) is 112 cm³/mol. The lowest BCUT2D eigenvalue weighted by molar-refractivity contribution is 0.0691. The van der Waals surface area contributed by atoms with E-state index in [2.05, 4.69) is 9.88 Å². The van der Waals surface area contributed by atoms with Gasteiger partial charge in [-0.2, -0.15) is 5.10 Å². The number of anilines is 1. The van der Waals surface area contributed by atoms with Gasteiger partial charge in [-0.3, -0.25) is 0 Å². The molecule has 0 radical (unpaired) electrons. The van der Waals surface area contributed by atoms with Crippen LogP contribution in [0.1, 0.15) is 47.8 Å². The molecule has 1 aliphatic carbocycles. The van der Waals surface area contributed by atoms with Crippen LogP contribution in [0, 0.1) is 5.41 Å². The third-order valence-electron chi connectivity index (χ3n) is 6.93. The Labute approximate surface area is 174 Å². The molecule has 7 nitrogen and oxygen atoms in total. The van der Waals surface area contributed by atoms with E-state index in [1.54, 1.807) is 6.07 Å². The average molecular weight is 404 g/mol. The Hall–Kier alpha value is -2.93. The van der Waals surface area contributed by atoms with Crippen LogP contribution in [-0.4, -0.2) is 52.1 Å². The predicted octanol–water partition coefficient (Wildman–Crippen LogP) is 3.61. The van der Waals surface area contributed by atoms with Gasteiger partial charge in [0.15, 0.2) is 11.3 Å². The molecule has 3 aromatic rings. The van der Waals surface area contributed by atoms with Crippen LogP contribution >= 0.6 is 0 Å². The molecule has 2 aliphatic heterocycles. The van der Waals surface area contributed by atoms with E-state index < -0.39 is 5.97 Å². The molecule has 6 rings (SSSR count). The maximum absolute atomic E-state index is 11.9. The number of aromatic nitrogens is 3. The van der Waals surface area contributed by atoms with Crippen LogP contribution in [0.25, 0.3) is 16.7 Å². The van der Waals surface area contributed by atoms with Crippen molar-refractivity contribution in [2.24, 2.45) is 5.41 Å². The van der Waals surface area contributed by atoms with Crippen LogP contribution in [0.3, 0.4) is 0 Å². The van der Waals surface area contributed by atoms with Crippen molar-refractivity contribution in [3.05, 3.63) is 47.8 Å². The first-order chi connectivity index (χ1) is 14.6. The van der Waals surface area contributed by atoms with Crippen molar-refractivity contribution in [3.8, 4) is 5.69 Å². The molecule has 0 atom stereocenters. The molecule has 3 aliphatic rings. The summed E-state index contributed by atoms with van der Waals surface area (Å²) in [5, 5.41) is 15.7. The van der Waals surface area contributed by atoms with Gasteiger partial charge in [-0.05, 0) is 37.5 Å². The molecule has 30 heavy (non-hydrogen) atoms. The van der Waals surface area contributed by atoms with Crippen LogP contribution in [0.5, 0.6) is 0 Å². The quantitative estimate of drug-likeness (QED) is 0.716. The van der Waals surface area contributed by atoms with Gasteiger partial charge in [-0.25, -0.2) is 14.5 Å². The molecule has 0 bridgehead atoms. The Kier molecular flexibility index (Phi) is 3.90. The van der Waals surface area contributed by atoms with E-state index in [-0.39, 0.29) is 11.1 Å². The molecule has 4 heterocycles. The van der Waals surface area contributed by atoms with Gasteiger partial charge >= 0.3 is 5.97 Å². The Bertz CT molecular complexity index is 1120.